The molecule has 0 aliphatic carbocycles. The fourth-order valence-corrected chi connectivity index (χ4v) is 3.11. The molecule has 116 valence electrons. The minimum atomic E-state index is 0.305. The van der Waals surface area contributed by atoms with Crippen LogP contribution in [0.25, 0.3) is 5.70 Å². The number of aromatic hydroxyl groups is 1. The molecule has 3 nitrogen and oxygen atoms in total. The van der Waals surface area contributed by atoms with E-state index >= 15 is 0 Å². The van der Waals surface area contributed by atoms with E-state index in [1.165, 1.54) is 5.56 Å². The molecule has 1 heterocycles. The van der Waals surface area contributed by atoms with Crippen LogP contribution >= 0.6 is 11.3 Å². The van der Waals surface area contributed by atoms with E-state index in [1.807, 2.05) is 30.6 Å². The highest BCUT2D eigenvalue weighted by atomic mass is 32.1. The number of aromatic nitrogens is 1. The number of thiazole rings is 1. The molecule has 22 heavy (non-hydrogen) atoms. The number of nitrogens with zero attached hydrogens (tertiary/aromatic N) is 1. The molecule has 0 atom stereocenters. The molecule has 1 aromatic carbocycles. The summed E-state index contributed by atoms with van der Waals surface area (Å²) in [6, 6.07) is 5.61. The Morgan fingerprint density at radius 1 is 1.41 bits per heavy atom. The van der Waals surface area contributed by atoms with Crippen molar-refractivity contribution in [3.63, 3.8) is 0 Å². The molecule has 0 aliphatic rings. The molecule has 0 amide bonds. The molecule has 0 fully saturated rings. The number of allylic oxidation sites excluding steroid dienone is 1. The monoisotopic (exact) mass is 314 g/mol. The van der Waals surface area contributed by atoms with E-state index in [1.54, 1.807) is 17.4 Å². The van der Waals surface area contributed by atoms with Gasteiger partial charge in [0.25, 0.3) is 0 Å². The van der Waals surface area contributed by atoms with Crippen LogP contribution in [0.1, 0.15) is 34.7 Å². The van der Waals surface area contributed by atoms with Gasteiger partial charge in [-0.3, -0.25) is 0 Å². The Morgan fingerprint density at radius 2 is 2.23 bits per heavy atom. The Kier molecular flexibility index (Phi) is 5.78. The van der Waals surface area contributed by atoms with Crippen molar-refractivity contribution in [1.82, 2.24) is 10.3 Å². The summed E-state index contributed by atoms with van der Waals surface area (Å²) < 4.78 is 0. The Morgan fingerprint density at radius 3 is 2.95 bits per heavy atom. The van der Waals surface area contributed by atoms with Crippen molar-refractivity contribution in [3.8, 4) is 5.75 Å². The average molecular weight is 314 g/mol. The lowest BCUT2D eigenvalue weighted by atomic mass is 9.99. The summed E-state index contributed by atoms with van der Waals surface area (Å²) >= 11 is 1.62. The van der Waals surface area contributed by atoms with Crippen LogP contribution in [-0.2, 0) is 12.8 Å². The molecule has 4 heteroatoms. The van der Waals surface area contributed by atoms with Crippen LogP contribution in [0.5, 0.6) is 5.75 Å². The second-order valence-corrected chi connectivity index (χ2v) is 6.11. The summed E-state index contributed by atoms with van der Waals surface area (Å²) in [6.45, 7) is 7.69. The minimum Gasteiger partial charge on any atom is -0.508 e. The van der Waals surface area contributed by atoms with E-state index in [0.29, 0.717) is 5.75 Å². The number of nitrogens with one attached hydrogen (secondary N) is 1. The third-order valence-corrected chi connectivity index (χ3v) is 4.40. The van der Waals surface area contributed by atoms with Crippen molar-refractivity contribution >= 4 is 17.0 Å². The van der Waals surface area contributed by atoms with E-state index in [9.17, 15) is 5.11 Å². The molecule has 0 saturated carbocycles. The summed E-state index contributed by atoms with van der Waals surface area (Å²) in [5.74, 6) is 0.305. The van der Waals surface area contributed by atoms with Crippen molar-refractivity contribution in [1.29, 1.82) is 0 Å². The van der Waals surface area contributed by atoms with Gasteiger partial charge in [0, 0.05) is 18.8 Å². The Balaban J connectivity index is 2.16. The molecule has 0 aliphatic heterocycles. The Labute approximate surface area is 136 Å². The molecule has 0 radical (unpaired) electrons. The minimum absolute atomic E-state index is 0.305. The second kappa shape index (κ2) is 7.80. The molecular weight excluding hydrogens is 292 g/mol. The first-order chi connectivity index (χ1) is 10.6. The first-order valence-electron chi connectivity index (χ1n) is 7.37. The van der Waals surface area contributed by atoms with Gasteiger partial charge in [-0.05, 0) is 42.5 Å². The maximum absolute atomic E-state index is 9.76. The first-order valence-corrected chi connectivity index (χ1v) is 8.25. The molecule has 2 rings (SSSR count). The van der Waals surface area contributed by atoms with Crippen LogP contribution in [0.3, 0.4) is 0 Å². The lowest BCUT2D eigenvalue weighted by molar-refractivity contribution is 0.474. The molecule has 1 aromatic heterocycles. The van der Waals surface area contributed by atoms with E-state index in [0.717, 1.165) is 47.6 Å². The van der Waals surface area contributed by atoms with Crippen LogP contribution in [-0.4, -0.2) is 17.1 Å². The molecule has 0 unspecified atom stereocenters. The van der Waals surface area contributed by atoms with Gasteiger partial charge in [0.1, 0.15) is 5.75 Å². The average Bonchev–Trinajstić information content (AvgIpc) is 2.97. The third-order valence-electron chi connectivity index (χ3n) is 3.55. The predicted octanol–water partition coefficient (Wildman–Crippen LogP) is 4.14. The van der Waals surface area contributed by atoms with Crippen LogP contribution in [0.2, 0.25) is 0 Å². The van der Waals surface area contributed by atoms with E-state index in [2.05, 4.69) is 23.5 Å². The fraction of sp³-hybridized carbons (Fsp3) is 0.278. The second-order valence-electron chi connectivity index (χ2n) is 5.17. The van der Waals surface area contributed by atoms with Gasteiger partial charge < -0.3 is 10.4 Å². The highest BCUT2D eigenvalue weighted by Crippen LogP contribution is 2.24. The summed E-state index contributed by atoms with van der Waals surface area (Å²) in [5, 5.41) is 15.8. The van der Waals surface area contributed by atoms with Crippen LogP contribution in [0.15, 0.2) is 42.8 Å². The number of phenolic OH excluding ortho intramolecular Hbond substituents is 1. The molecule has 2 N–H and O–H groups in total. The zero-order valence-electron chi connectivity index (χ0n) is 12.9. The van der Waals surface area contributed by atoms with Crippen molar-refractivity contribution in [2.45, 2.75) is 25.7 Å². The standard InChI is InChI=1S/C18H22N2OS/c1-4-5-6-7-14-8-9-16(21)10-15(14)11-18-20-17(12-22-18)13(2)19-3/h4,8-10,12,19,21H,1-2,5-7,11H2,3H3. The van der Waals surface area contributed by atoms with Gasteiger partial charge in [0.05, 0.1) is 16.4 Å². The van der Waals surface area contributed by atoms with Gasteiger partial charge >= 0.3 is 0 Å². The topological polar surface area (TPSA) is 45.2 Å². The summed E-state index contributed by atoms with van der Waals surface area (Å²) in [5.41, 5.74) is 4.12. The van der Waals surface area contributed by atoms with Gasteiger partial charge in [0.15, 0.2) is 0 Å². The SMILES string of the molecule is C=CCCCc1ccc(O)cc1Cc1nc(C(=C)NC)cs1. The van der Waals surface area contributed by atoms with Gasteiger partial charge in [-0.15, -0.1) is 17.9 Å². The zero-order chi connectivity index (χ0) is 15.9. The quantitative estimate of drug-likeness (QED) is 0.568. The van der Waals surface area contributed by atoms with Crippen LogP contribution in [0.4, 0.5) is 0 Å². The maximum atomic E-state index is 9.76. The summed E-state index contributed by atoms with van der Waals surface area (Å²) in [4.78, 5) is 4.60. The normalized spacial score (nSPS) is 10.4. The molecular formula is C18H22N2OS. The number of aryl methyl sites for hydroxylation is 1. The van der Waals surface area contributed by atoms with Crippen molar-refractivity contribution < 1.29 is 5.11 Å². The van der Waals surface area contributed by atoms with Crippen molar-refractivity contribution in [2.75, 3.05) is 7.05 Å². The largest absolute Gasteiger partial charge is 0.508 e. The molecule has 0 spiro atoms. The summed E-state index contributed by atoms with van der Waals surface area (Å²) in [7, 11) is 1.84. The lowest BCUT2D eigenvalue weighted by Gasteiger charge is -2.09. The highest BCUT2D eigenvalue weighted by Gasteiger charge is 2.09. The summed E-state index contributed by atoms with van der Waals surface area (Å²) in [6.07, 6.45) is 5.74. The number of unbranched alkanes of at least 4 members (excludes halogenated alkanes) is 1. The third kappa shape index (κ3) is 4.21. The first kappa shape index (κ1) is 16.3. The Hall–Kier alpha value is -2.07. The number of rotatable bonds is 8. The number of phenols is 1. The highest BCUT2D eigenvalue weighted by molar-refractivity contribution is 7.09. The smallest absolute Gasteiger partial charge is 0.115 e. The molecule has 0 saturated heterocycles. The van der Waals surface area contributed by atoms with Crippen LogP contribution in [0, 0.1) is 0 Å². The molecule has 2 aromatic rings. The number of hydrogen-bond donors (Lipinski definition) is 2. The van der Waals surface area contributed by atoms with Gasteiger partial charge in [-0.2, -0.15) is 0 Å². The van der Waals surface area contributed by atoms with E-state index in [-0.39, 0.29) is 0 Å². The number of benzene rings is 1. The Bertz CT molecular complexity index is 661. The van der Waals surface area contributed by atoms with Crippen LogP contribution < -0.4 is 5.32 Å². The van der Waals surface area contributed by atoms with Crippen molar-refractivity contribution in [3.05, 3.63) is 64.6 Å². The van der Waals surface area contributed by atoms with Gasteiger partial charge in [-0.25, -0.2) is 4.98 Å². The fourth-order valence-electron chi connectivity index (χ4n) is 2.28. The lowest BCUT2D eigenvalue weighted by Crippen LogP contribution is -2.03. The van der Waals surface area contributed by atoms with Crippen molar-refractivity contribution in [2.24, 2.45) is 0 Å². The van der Waals surface area contributed by atoms with Gasteiger partial charge in [0.2, 0.25) is 0 Å². The number of hydrogen-bond acceptors (Lipinski definition) is 4. The predicted molar refractivity (Wildman–Crippen MR) is 94.3 cm³/mol. The van der Waals surface area contributed by atoms with E-state index < -0.39 is 0 Å². The van der Waals surface area contributed by atoms with Gasteiger partial charge in [-0.1, -0.05) is 18.7 Å². The maximum Gasteiger partial charge on any atom is 0.115 e. The zero-order valence-corrected chi connectivity index (χ0v) is 13.7. The molecule has 0 bridgehead atoms. The van der Waals surface area contributed by atoms with E-state index in [4.69, 9.17) is 0 Å².